The van der Waals surface area contributed by atoms with Crippen molar-refractivity contribution in [2.24, 2.45) is 0 Å². The predicted octanol–water partition coefficient (Wildman–Crippen LogP) is 4.31. The zero-order valence-corrected chi connectivity index (χ0v) is 21.3. The van der Waals surface area contributed by atoms with Crippen molar-refractivity contribution in [3.63, 3.8) is 0 Å². The fraction of sp³-hybridized carbons (Fsp3) is 0.240. The normalized spacial score (nSPS) is 12.7. The quantitative estimate of drug-likeness (QED) is 0.503. The largest absolute Gasteiger partial charge is 0.346 e. The van der Waals surface area contributed by atoms with Gasteiger partial charge in [0, 0.05) is 17.5 Å². The number of carbonyl (C=O) groups excluding carboxylic acids is 1. The first-order valence-corrected chi connectivity index (χ1v) is 14.0. The van der Waals surface area contributed by atoms with Crippen LogP contribution in [0, 0.1) is 20.8 Å². The number of nitrogens with one attached hydrogen (secondary N) is 2. The van der Waals surface area contributed by atoms with Crippen LogP contribution < -0.4 is 10.0 Å². The molecule has 34 heavy (non-hydrogen) atoms. The van der Waals surface area contributed by atoms with Gasteiger partial charge < -0.3 is 5.32 Å². The molecule has 0 aliphatic rings. The lowest BCUT2D eigenvalue weighted by Gasteiger charge is -2.16. The second-order valence-electron chi connectivity index (χ2n) is 8.50. The third-order valence-electron chi connectivity index (χ3n) is 5.37. The Morgan fingerprint density at radius 3 is 1.97 bits per heavy atom. The van der Waals surface area contributed by atoms with Gasteiger partial charge in [0.25, 0.3) is 15.9 Å². The summed E-state index contributed by atoms with van der Waals surface area (Å²) in [7, 11) is -7.23. The minimum absolute atomic E-state index is 0.0180. The fourth-order valence-electron chi connectivity index (χ4n) is 3.64. The molecule has 1 unspecified atom stereocenters. The number of hydrogen-bond acceptors (Lipinski definition) is 5. The first-order chi connectivity index (χ1) is 15.8. The highest BCUT2D eigenvalue weighted by Crippen LogP contribution is 2.23. The first-order valence-electron chi connectivity index (χ1n) is 10.6. The lowest BCUT2D eigenvalue weighted by Crippen LogP contribution is -2.27. The maximum atomic E-state index is 13.1. The van der Waals surface area contributed by atoms with E-state index in [1.54, 1.807) is 50.2 Å². The molecule has 0 heterocycles. The number of amides is 1. The van der Waals surface area contributed by atoms with E-state index in [1.165, 1.54) is 18.2 Å². The van der Waals surface area contributed by atoms with Gasteiger partial charge in [-0.15, -0.1) is 0 Å². The van der Waals surface area contributed by atoms with Crippen LogP contribution in [0.3, 0.4) is 0 Å². The van der Waals surface area contributed by atoms with Crippen LogP contribution in [0.15, 0.2) is 70.5 Å². The highest BCUT2D eigenvalue weighted by Gasteiger charge is 2.21. The van der Waals surface area contributed by atoms with Crippen molar-refractivity contribution in [2.45, 2.75) is 43.5 Å². The molecule has 0 aliphatic carbocycles. The van der Waals surface area contributed by atoms with Crippen molar-refractivity contribution in [3.05, 3.63) is 88.5 Å². The molecular formula is C25H28N2O5S2. The minimum atomic E-state index is -3.92. The van der Waals surface area contributed by atoms with Crippen LogP contribution >= 0.6 is 0 Å². The fourth-order valence-corrected chi connectivity index (χ4v) is 5.58. The van der Waals surface area contributed by atoms with Gasteiger partial charge in [-0.25, -0.2) is 16.8 Å². The predicted molar refractivity (Wildman–Crippen MR) is 133 cm³/mol. The standard InChI is InChI=1S/C25H28N2O5S2/c1-16-12-17(2)14-22(13-16)27-34(31,32)24-15-21(7-6-18(24)3)25(28)26-19(4)20-8-10-23(11-9-20)33(5,29)30/h6-15,19,27H,1-5H3,(H,26,28). The van der Waals surface area contributed by atoms with Crippen molar-refractivity contribution in [2.75, 3.05) is 11.0 Å². The molecule has 0 fully saturated rings. The Morgan fingerprint density at radius 1 is 0.824 bits per heavy atom. The van der Waals surface area contributed by atoms with Crippen LogP contribution in [0.25, 0.3) is 0 Å². The van der Waals surface area contributed by atoms with Gasteiger partial charge in [0.1, 0.15) is 0 Å². The van der Waals surface area contributed by atoms with Crippen molar-refractivity contribution >= 4 is 31.5 Å². The molecule has 0 aliphatic heterocycles. The minimum Gasteiger partial charge on any atom is -0.346 e. The molecule has 0 aromatic heterocycles. The zero-order valence-electron chi connectivity index (χ0n) is 19.7. The van der Waals surface area contributed by atoms with E-state index in [2.05, 4.69) is 10.0 Å². The van der Waals surface area contributed by atoms with E-state index in [4.69, 9.17) is 0 Å². The number of aryl methyl sites for hydroxylation is 3. The third-order valence-corrected chi connectivity index (χ3v) is 8.02. The van der Waals surface area contributed by atoms with E-state index in [9.17, 15) is 21.6 Å². The second kappa shape index (κ2) is 9.60. The summed E-state index contributed by atoms with van der Waals surface area (Å²) in [4.78, 5) is 13.1. The van der Waals surface area contributed by atoms with Gasteiger partial charge in [-0.2, -0.15) is 0 Å². The smallest absolute Gasteiger partial charge is 0.262 e. The molecule has 0 saturated heterocycles. The Labute approximate surface area is 201 Å². The summed E-state index contributed by atoms with van der Waals surface area (Å²) < 4.78 is 52.1. The highest BCUT2D eigenvalue weighted by atomic mass is 32.2. The van der Waals surface area contributed by atoms with Crippen molar-refractivity contribution in [1.29, 1.82) is 0 Å². The highest BCUT2D eigenvalue weighted by molar-refractivity contribution is 7.92. The van der Waals surface area contributed by atoms with E-state index < -0.39 is 31.8 Å². The number of hydrogen-bond donors (Lipinski definition) is 2. The summed E-state index contributed by atoms with van der Waals surface area (Å²) >= 11 is 0. The summed E-state index contributed by atoms with van der Waals surface area (Å²) in [5.74, 6) is -0.442. The monoisotopic (exact) mass is 500 g/mol. The molecule has 0 bridgehead atoms. The molecule has 1 atom stereocenters. The maximum Gasteiger partial charge on any atom is 0.262 e. The van der Waals surface area contributed by atoms with E-state index in [1.807, 2.05) is 19.9 Å². The summed E-state index contributed by atoms with van der Waals surface area (Å²) in [6, 6.07) is 15.8. The van der Waals surface area contributed by atoms with Gasteiger partial charge in [0.05, 0.1) is 15.8 Å². The van der Waals surface area contributed by atoms with Gasteiger partial charge in [-0.1, -0.05) is 24.3 Å². The molecule has 7 nitrogen and oxygen atoms in total. The Hall–Kier alpha value is -3.17. The van der Waals surface area contributed by atoms with Crippen LogP contribution in [0.4, 0.5) is 5.69 Å². The number of benzene rings is 3. The zero-order chi connectivity index (χ0) is 25.3. The lowest BCUT2D eigenvalue weighted by atomic mass is 10.1. The molecule has 0 radical (unpaired) electrons. The number of sulfonamides is 1. The summed E-state index contributed by atoms with van der Waals surface area (Å²) in [5.41, 5.74) is 3.75. The number of carbonyl (C=O) groups is 1. The lowest BCUT2D eigenvalue weighted by molar-refractivity contribution is 0.0939. The van der Waals surface area contributed by atoms with Crippen LogP contribution in [0.2, 0.25) is 0 Å². The molecule has 0 saturated carbocycles. The topological polar surface area (TPSA) is 109 Å². The molecular weight excluding hydrogens is 472 g/mol. The Kier molecular flexibility index (Phi) is 7.18. The first kappa shape index (κ1) is 25.5. The van der Waals surface area contributed by atoms with Crippen LogP contribution in [-0.2, 0) is 19.9 Å². The molecule has 1 amide bonds. The van der Waals surface area contributed by atoms with Crippen molar-refractivity contribution < 1.29 is 21.6 Å². The molecule has 3 rings (SSSR count). The van der Waals surface area contributed by atoms with Crippen molar-refractivity contribution in [1.82, 2.24) is 5.32 Å². The Morgan fingerprint density at radius 2 is 1.41 bits per heavy atom. The second-order valence-corrected chi connectivity index (χ2v) is 12.2. The van der Waals surface area contributed by atoms with Gasteiger partial charge >= 0.3 is 0 Å². The molecule has 180 valence electrons. The number of anilines is 1. The Bertz CT molecular complexity index is 1420. The van der Waals surface area contributed by atoms with E-state index in [0.717, 1.165) is 22.9 Å². The molecule has 2 N–H and O–H groups in total. The average molecular weight is 501 g/mol. The van der Waals surface area contributed by atoms with Crippen molar-refractivity contribution in [3.8, 4) is 0 Å². The van der Waals surface area contributed by atoms with E-state index in [-0.39, 0.29) is 15.4 Å². The van der Waals surface area contributed by atoms with Crippen LogP contribution in [0.1, 0.15) is 45.6 Å². The molecule has 3 aromatic rings. The molecule has 9 heteroatoms. The maximum absolute atomic E-state index is 13.1. The van der Waals surface area contributed by atoms with Gasteiger partial charge in [-0.3, -0.25) is 9.52 Å². The summed E-state index contributed by atoms with van der Waals surface area (Å²) in [6.07, 6.45) is 1.13. The Balaban J connectivity index is 1.82. The van der Waals surface area contributed by atoms with Crippen LogP contribution in [-0.4, -0.2) is 29.0 Å². The number of rotatable bonds is 7. The number of sulfone groups is 1. The van der Waals surface area contributed by atoms with Gasteiger partial charge in [0.2, 0.25) is 0 Å². The van der Waals surface area contributed by atoms with E-state index >= 15 is 0 Å². The van der Waals surface area contributed by atoms with Crippen LogP contribution in [0.5, 0.6) is 0 Å². The summed E-state index contributed by atoms with van der Waals surface area (Å²) in [5, 5.41) is 2.83. The summed E-state index contributed by atoms with van der Waals surface area (Å²) in [6.45, 7) is 7.21. The van der Waals surface area contributed by atoms with Gasteiger partial charge in [0.15, 0.2) is 9.84 Å². The molecule has 0 spiro atoms. The molecule has 3 aromatic carbocycles. The SMILES string of the molecule is Cc1cc(C)cc(NS(=O)(=O)c2cc(C(=O)NC(C)c3ccc(S(C)(=O)=O)cc3)ccc2C)c1. The van der Waals surface area contributed by atoms with E-state index in [0.29, 0.717) is 11.3 Å². The third kappa shape index (κ3) is 6.03. The average Bonchev–Trinajstić information content (AvgIpc) is 2.72. The van der Waals surface area contributed by atoms with Gasteiger partial charge in [-0.05, 0) is 86.3 Å².